The summed E-state index contributed by atoms with van der Waals surface area (Å²) in [6.07, 6.45) is 4.93. The van der Waals surface area contributed by atoms with Gasteiger partial charge in [0.25, 0.3) is 0 Å². The van der Waals surface area contributed by atoms with E-state index in [1.807, 2.05) is 0 Å². The minimum absolute atomic E-state index is 0.747. The Hall–Kier alpha value is -1.96. The fraction of sp³-hybridized carbons (Fsp3) is 0.429. The number of ether oxygens (including phenoxy) is 1. The molecule has 23 heavy (non-hydrogen) atoms. The van der Waals surface area contributed by atoms with Crippen molar-refractivity contribution in [1.82, 2.24) is 0 Å². The first-order valence-corrected chi connectivity index (χ1v) is 8.71. The third kappa shape index (κ3) is 2.71. The summed E-state index contributed by atoms with van der Waals surface area (Å²) in [6.45, 7) is 3.08. The van der Waals surface area contributed by atoms with Gasteiger partial charge in [-0.1, -0.05) is 6.07 Å². The van der Waals surface area contributed by atoms with Crippen molar-refractivity contribution in [3.8, 4) is 16.9 Å². The van der Waals surface area contributed by atoms with Gasteiger partial charge in [0.15, 0.2) is 0 Å². The average Bonchev–Trinajstić information content (AvgIpc) is 3.38. The van der Waals surface area contributed by atoms with Gasteiger partial charge in [-0.25, -0.2) is 0 Å². The highest BCUT2D eigenvalue weighted by atomic mass is 16.5. The number of aryl methyl sites for hydroxylation is 2. The summed E-state index contributed by atoms with van der Waals surface area (Å²) in [5.41, 5.74) is 8.36. The lowest BCUT2D eigenvalue weighted by atomic mass is 9.91. The van der Waals surface area contributed by atoms with Gasteiger partial charge in [0.1, 0.15) is 5.75 Å². The Kier molecular flexibility index (Phi) is 3.56. The second-order valence-electron chi connectivity index (χ2n) is 7.17. The number of hydrogen-bond donors (Lipinski definition) is 0. The van der Waals surface area contributed by atoms with Crippen LogP contribution in [0.3, 0.4) is 0 Å². The van der Waals surface area contributed by atoms with E-state index in [0.29, 0.717) is 0 Å². The van der Waals surface area contributed by atoms with Gasteiger partial charge >= 0.3 is 0 Å². The topological polar surface area (TPSA) is 12.5 Å². The zero-order valence-electron chi connectivity index (χ0n) is 14.4. The first-order valence-electron chi connectivity index (χ1n) is 8.71. The molecule has 1 aliphatic carbocycles. The van der Waals surface area contributed by atoms with Gasteiger partial charge in [0.2, 0.25) is 0 Å². The van der Waals surface area contributed by atoms with Crippen LogP contribution >= 0.6 is 0 Å². The Morgan fingerprint density at radius 2 is 1.91 bits per heavy atom. The molecule has 2 aliphatic rings. The molecule has 2 aromatic rings. The zero-order chi connectivity index (χ0) is 16.0. The molecule has 0 amide bonds. The lowest BCUT2D eigenvalue weighted by Gasteiger charge is -2.22. The minimum Gasteiger partial charge on any atom is -0.493 e. The molecule has 0 radical (unpaired) electrons. The quantitative estimate of drug-likeness (QED) is 0.797. The molecule has 0 N–H and O–H groups in total. The van der Waals surface area contributed by atoms with Crippen LogP contribution in [-0.2, 0) is 6.42 Å². The van der Waals surface area contributed by atoms with Crippen LogP contribution in [-0.4, -0.2) is 20.7 Å². The van der Waals surface area contributed by atoms with E-state index in [1.54, 1.807) is 0 Å². The van der Waals surface area contributed by atoms with Crippen LogP contribution in [0.2, 0.25) is 0 Å². The highest BCUT2D eigenvalue weighted by Gasteiger charge is 2.28. The van der Waals surface area contributed by atoms with Crippen molar-refractivity contribution >= 4 is 5.69 Å². The molecular weight excluding hydrogens is 282 g/mol. The Morgan fingerprint density at radius 3 is 2.65 bits per heavy atom. The van der Waals surface area contributed by atoms with Gasteiger partial charge in [-0.15, -0.1) is 0 Å². The lowest BCUT2D eigenvalue weighted by molar-refractivity contribution is 0.288. The molecule has 1 saturated carbocycles. The van der Waals surface area contributed by atoms with Crippen LogP contribution in [0.15, 0.2) is 30.3 Å². The summed E-state index contributed by atoms with van der Waals surface area (Å²) in [7, 11) is 4.27. The molecule has 2 heteroatoms. The largest absolute Gasteiger partial charge is 0.493 e. The molecule has 1 fully saturated rings. The van der Waals surface area contributed by atoms with E-state index in [9.17, 15) is 0 Å². The van der Waals surface area contributed by atoms with E-state index in [-0.39, 0.29) is 0 Å². The fourth-order valence-corrected chi connectivity index (χ4v) is 3.70. The molecule has 0 atom stereocenters. The average molecular weight is 307 g/mol. The molecule has 2 aromatic carbocycles. The number of fused-ring (bicyclic) bond motifs is 1. The number of benzene rings is 2. The normalized spacial score (nSPS) is 16.7. The lowest BCUT2D eigenvalue weighted by Crippen LogP contribution is -2.11. The maximum Gasteiger partial charge on any atom is 0.122 e. The van der Waals surface area contributed by atoms with Crippen molar-refractivity contribution in [2.24, 2.45) is 0 Å². The SMILES string of the molecule is Cc1cc(-c2ccc3c(c2)CCCO3)c(C2CC2)cc1N(C)C. The second-order valence-corrected chi connectivity index (χ2v) is 7.17. The summed E-state index contributed by atoms with van der Waals surface area (Å²) in [6, 6.07) is 11.5. The monoisotopic (exact) mass is 307 g/mol. The summed E-state index contributed by atoms with van der Waals surface area (Å²) in [4.78, 5) is 2.23. The van der Waals surface area contributed by atoms with Gasteiger partial charge in [-0.2, -0.15) is 0 Å². The first-order chi connectivity index (χ1) is 11.1. The summed E-state index contributed by atoms with van der Waals surface area (Å²) < 4.78 is 5.77. The summed E-state index contributed by atoms with van der Waals surface area (Å²) >= 11 is 0. The number of rotatable bonds is 3. The Labute approximate surface area is 139 Å². The maximum absolute atomic E-state index is 5.77. The smallest absolute Gasteiger partial charge is 0.122 e. The van der Waals surface area contributed by atoms with Gasteiger partial charge < -0.3 is 9.64 Å². The molecule has 4 rings (SSSR count). The van der Waals surface area contributed by atoms with Crippen molar-refractivity contribution < 1.29 is 4.74 Å². The van der Waals surface area contributed by atoms with Crippen molar-refractivity contribution in [2.45, 2.75) is 38.5 Å². The van der Waals surface area contributed by atoms with E-state index < -0.39 is 0 Å². The molecule has 1 aliphatic heterocycles. The van der Waals surface area contributed by atoms with E-state index in [2.05, 4.69) is 56.3 Å². The number of nitrogens with zero attached hydrogens (tertiary/aromatic N) is 1. The third-order valence-electron chi connectivity index (χ3n) is 5.09. The van der Waals surface area contributed by atoms with Crippen LogP contribution in [0.25, 0.3) is 11.1 Å². The standard InChI is InChI=1S/C21H25NO/c1-14-11-18(19(15-6-7-15)13-20(14)22(2)3)16-8-9-21-17(12-16)5-4-10-23-21/h8-9,11-13,15H,4-7,10H2,1-3H3. The van der Waals surface area contributed by atoms with Crippen LogP contribution < -0.4 is 9.64 Å². The Balaban J connectivity index is 1.83. The number of hydrogen-bond acceptors (Lipinski definition) is 2. The zero-order valence-corrected chi connectivity index (χ0v) is 14.4. The molecule has 0 saturated heterocycles. The second kappa shape index (κ2) is 5.59. The van der Waals surface area contributed by atoms with E-state index in [0.717, 1.165) is 31.1 Å². The molecule has 0 bridgehead atoms. The fourth-order valence-electron chi connectivity index (χ4n) is 3.70. The molecule has 1 heterocycles. The number of anilines is 1. The van der Waals surface area contributed by atoms with Crippen LogP contribution in [0.5, 0.6) is 5.75 Å². The summed E-state index contributed by atoms with van der Waals surface area (Å²) in [5, 5.41) is 0. The van der Waals surface area contributed by atoms with Gasteiger partial charge in [-0.3, -0.25) is 0 Å². The van der Waals surface area contributed by atoms with Gasteiger partial charge in [-0.05, 0) is 90.6 Å². The summed E-state index contributed by atoms with van der Waals surface area (Å²) in [5.74, 6) is 1.83. The van der Waals surface area contributed by atoms with Crippen molar-refractivity contribution in [2.75, 3.05) is 25.6 Å². The van der Waals surface area contributed by atoms with Crippen LogP contribution in [0.4, 0.5) is 5.69 Å². The minimum atomic E-state index is 0.747. The third-order valence-corrected chi connectivity index (χ3v) is 5.09. The van der Waals surface area contributed by atoms with Crippen LogP contribution in [0, 0.1) is 6.92 Å². The predicted molar refractivity (Wildman–Crippen MR) is 96.7 cm³/mol. The van der Waals surface area contributed by atoms with Crippen molar-refractivity contribution in [3.05, 3.63) is 47.0 Å². The van der Waals surface area contributed by atoms with Gasteiger partial charge in [0.05, 0.1) is 6.61 Å². The highest BCUT2D eigenvalue weighted by molar-refractivity contribution is 5.75. The van der Waals surface area contributed by atoms with Crippen LogP contribution in [0.1, 0.15) is 41.9 Å². The first kappa shape index (κ1) is 14.6. The van der Waals surface area contributed by atoms with Crippen molar-refractivity contribution in [1.29, 1.82) is 0 Å². The Morgan fingerprint density at radius 1 is 1.09 bits per heavy atom. The highest BCUT2D eigenvalue weighted by Crippen LogP contribution is 2.47. The van der Waals surface area contributed by atoms with Gasteiger partial charge in [0, 0.05) is 19.8 Å². The molecule has 0 unspecified atom stereocenters. The molecular formula is C21H25NO. The molecule has 2 nitrogen and oxygen atoms in total. The molecule has 0 spiro atoms. The molecule has 120 valence electrons. The van der Waals surface area contributed by atoms with Crippen molar-refractivity contribution in [3.63, 3.8) is 0 Å². The van der Waals surface area contributed by atoms with E-state index >= 15 is 0 Å². The Bertz CT molecular complexity index is 744. The van der Waals surface area contributed by atoms with E-state index in [1.165, 1.54) is 46.3 Å². The maximum atomic E-state index is 5.77. The molecule has 0 aromatic heterocycles. The predicted octanol–water partition coefficient (Wildman–Crippen LogP) is 4.93. The van der Waals surface area contributed by atoms with E-state index in [4.69, 9.17) is 4.74 Å².